The fourth-order valence-corrected chi connectivity index (χ4v) is 3.11. The van der Waals surface area contributed by atoms with Gasteiger partial charge in [0, 0.05) is 37.6 Å². The van der Waals surface area contributed by atoms with Crippen molar-refractivity contribution in [3.63, 3.8) is 0 Å². The second kappa shape index (κ2) is 10.3. The summed E-state index contributed by atoms with van der Waals surface area (Å²) in [7, 11) is 1.68. The van der Waals surface area contributed by atoms with E-state index in [1.165, 1.54) is 4.88 Å². The summed E-state index contributed by atoms with van der Waals surface area (Å²) in [5.41, 5.74) is 1.63. The minimum absolute atomic E-state index is 0.0758. The molecule has 0 spiro atoms. The van der Waals surface area contributed by atoms with Crippen LogP contribution in [0.25, 0.3) is 0 Å². The lowest BCUT2D eigenvalue weighted by molar-refractivity contribution is -0.176. The van der Waals surface area contributed by atoms with Crippen LogP contribution in [0.5, 0.6) is 0 Å². The fourth-order valence-electron chi connectivity index (χ4n) is 2.33. The van der Waals surface area contributed by atoms with Crippen LogP contribution in [0, 0.1) is 6.92 Å². The van der Waals surface area contributed by atoms with Crippen LogP contribution >= 0.6 is 11.3 Å². The van der Waals surface area contributed by atoms with Crippen LogP contribution in [0.3, 0.4) is 0 Å². The number of alkyl halides is 3. The van der Waals surface area contributed by atoms with Crippen molar-refractivity contribution in [3.8, 4) is 0 Å². The predicted octanol–water partition coefficient (Wildman–Crippen LogP) is 3.44. The molecule has 0 fully saturated rings. The normalized spacial score (nSPS) is 12.3. The van der Waals surface area contributed by atoms with Crippen molar-refractivity contribution < 1.29 is 17.9 Å². The molecular weight excluding hydrogens is 377 g/mol. The van der Waals surface area contributed by atoms with Gasteiger partial charge in [0.15, 0.2) is 5.96 Å². The van der Waals surface area contributed by atoms with Crippen LogP contribution in [0.15, 0.2) is 35.5 Å². The summed E-state index contributed by atoms with van der Waals surface area (Å²) in [6.07, 6.45) is -1.64. The molecule has 1 aromatic heterocycles. The minimum Gasteiger partial charge on any atom is -0.367 e. The number of aryl methyl sites for hydroxylation is 1. The largest absolute Gasteiger partial charge is 0.411 e. The van der Waals surface area contributed by atoms with Crippen molar-refractivity contribution in [2.24, 2.45) is 4.99 Å². The Kier molecular flexibility index (Phi) is 8.05. The van der Waals surface area contributed by atoms with E-state index in [0.717, 1.165) is 17.0 Å². The summed E-state index contributed by atoms with van der Waals surface area (Å²) in [5.74, 6) is 0.655. The first-order chi connectivity index (χ1) is 12.9. The third-order valence-corrected chi connectivity index (χ3v) is 4.48. The second-order valence-electron chi connectivity index (χ2n) is 5.90. The van der Waals surface area contributed by atoms with Gasteiger partial charge in [-0.1, -0.05) is 24.3 Å². The van der Waals surface area contributed by atoms with E-state index in [2.05, 4.69) is 20.6 Å². The van der Waals surface area contributed by atoms with Gasteiger partial charge < -0.3 is 15.4 Å². The molecule has 0 aliphatic carbocycles. The molecule has 0 saturated heterocycles. The van der Waals surface area contributed by atoms with Crippen molar-refractivity contribution in [1.29, 1.82) is 0 Å². The van der Waals surface area contributed by atoms with Crippen LogP contribution in [-0.2, 0) is 24.3 Å². The number of rotatable bonds is 8. The standard InChI is InChI=1S/C18H23F3N4OS/c1-13-9-24-16(27-13)6-7-23-17(22-2)25-10-14-4-3-5-15(8-14)11-26-12-18(19,20)21/h3-5,8-9H,6-7,10-12H2,1-2H3,(H2,22,23,25). The van der Waals surface area contributed by atoms with Gasteiger partial charge in [-0.15, -0.1) is 11.3 Å². The molecule has 2 aromatic rings. The number of ether oxygens (including phenoxy) is 1. The first kappa shape index (κ1) is 21.2. The zero-order valence-corrected chi connectivity index (χ0v) is 16.1. The molecule has 2 rings (SSSR count). The second-order valence-corrected chi connectivity index (χ2v) is 7.21. The van der Waals surface area contributed by atoms with Crippen molar-refractivity contribution in [2.75, 3.05) is 20.2 Å². The average molecular weight is 400 g/mol. The molecule has 148 valence electrons. The molecule has 27 heavy (non-hydrogen) atoms. The molecule has 1 heterocycles. The van der Waals surface area contributed by atoms with Gasteiger partial charge in [-0.2, -0.15) is 13.2 Å². The Hall–Kier alpha value is -2.13. The molecule has 0 atom stereocenters. The molecule has 5 nitrogen and oxygen atoms in total. The maximum absolute atomic E-state index is 12.1. The molecule has 2 N–H and O–H groups in total. The number of aromatic nitrogens is 1. The monoisotopic (exact) mass is 400 g/mol. The molecule has 0 unspecified atom stereocenters. The molecular formula is C18H23F3N4OS. The lowest BCUT2D eigenvalue weighted by atomic mass is 10.1. The Morgan fingerprint density at radius 1 is 1.26 bits per heavy atom. The summed E-state index contributed by atoms with van der Waals surface area (Å²) in [5, 5.41) is 7.48. The number of nitrogens with one attached hydrogen (secondary N) is 2. The molecule has 0 saturated carbocycles. The Morgan fingerprint density at radius 3 is 2.70 bits per heavy atom. The quantitative estimate of drug-likeness (QED) is 0.527. The summed E-state index contributed by atoms with van der Waals surface area (Å²) in [4.78, 5) is 9.67. The van der Waals surface area contributed by atoms with Crippen molar-refractivity contribution in [3.05, 3.63) is 51.5 Å². The van der Waals surface area contributed by atoms with E-state index < -0.39 is 12.8 Å². The minimum atomic E-state index is -4.31. The highest BCUT2D eigenvalue weighted by molar-refractivity contribution is 7.11. The summed E-state index contributed by atoms with van der Waals surface area (Å²) < 4.78 is 41.1. The van der Waals surface area contributed by atoms with Crippen LogP contribution in [0.1, 0.15) is 21.0 Å². The Labute approximate surface area is 160 Å². The topological polar surface area (TPSA) is 58.5 Å². The van der Waals surface area contributed by atoms with Gasteiger partial charge in [0.2, 0.25) is 0 Å². The zero-order valence-electron chi connectivity index (χ0n) is 15.3. The van der Waals surface area contributed by atoms with E-state index in [9.17, 15) is 13.2 Å². The van der Waals surface area contributed by atoms with Crippen LogP contribution < -0.4 is 10.6 Å². The van der Waals surface area contributed by atoms with E-state index >= 15 is 0 Å². The third kappa shape index (κ3) is 8.40. The molecule has 9 heteroatoms. The first-order valence-electron chi connectivity index (χ1n) is 8.44. The maximum atomic E-state index is 12.1. The van der Waals surface area contributed by atoms with E-state index in [1.807, 2.05) is 25.3 Å². The van der Waals surface area contributed by atoms with Gasteiger partial charge in [-0.05, 0) is 18.1 Å². The van der Waals surface area contributed by atoms with Crippen LogP contribution in [0.2, 0.25) is 0 Å². The summed E-state index contributed by atoms with van der Waals surface area (Å²) in [6.45, 7) is 1.91. The number of guanidine groups is 1. The lowest BCUT2D eigenvalue weighted by Crippen LogP contribution is -2.37. The molecule has 0 bridgehead atoms. The number of benzene rings is 1. The van der Waals surface area contributed by atoms with Gasteiger partial charge in [0.1, 0.15) is 6.61 Å². The maximum Gasteiger partial charge on any atom is 0.411 e. The predicted molar refractivity (Wildman–Crippen MR) is 101 cm³/mol. The van der Waals surface area contributed by atoms with Gasteiger partial charge in [-0.3, -0.25) is 4.99 Å². The highest BCUT2D eigenvalue weighted by atomic mass is 32.1. The lowest BCUT2D eigenvalue weighted by Gasteiger charge is -2.12. The van der Waals surface area contributed by atoms with Gasteiger partial charge in [0.05, 0.1) is 11.6 Å². The molecule has 0 aliphatic rings. The first-order valence-corrected chi connectivity index (χ1v) is 9.25. The van der Waals surface area contributed by atoms with Gasteiger partial charge in [0.25, 0.3) is 0 Å². The van der Waals surface area contributed by atoms with Gasteiger partial charge >= 0.3 is 6.18 Å². The molecule has 1 aromatic carbocycles. The number of halogens is 3. The number of nitrogens with zero attached hydrogens (tertiary/aromatic N) is 2. The number of hydrogen-bond acceptors (Lipinski definition) is 4. The summed E-state index contributed by atoms with van der Waals surface area (Å²) in [6, 6.07) is 7.24. The molecule has 0 amide bonds. The Bertz CT molecular complexity index is 746. The van der Waals surface area contributed by atoms with E-state index in [-0.39, 0.29) is 6.61 Å². The van der Waals surface area contributed by atoms with E-state index in [1.54, 1.807) is 30.5 Å². The molecule has 0 radical (unpaired) electrons. The number of aliphatic imine (C=N–C) groups is 1. The van der Waals surface area contributed by atoms with E-state index in [0.29, 0.717) is 24.6 Å². The zero-order chi connectivity index (χ0) is 19.7. The highest BCUT2D eigenvalue weighted by Gasteiger charge is 2.27. The number of thiazole rings is 1. The Morgan fingerprint density at radius 2 is 2.04 bits per heavy atom. The van der Waals surface area contributed by atoms with Crippen LogP contribution in [-0.4, -0.2) is 37.3 Å². The van der Waals surface area contributed by atoms with Crippen LogP contribution in [0.4, 0.5) is 13.2 Å². The van der Waals surface area contributed by atoms with E-state index in [4.69, 9.17) is 4.74 Å². The molecule has 0 aliphatic heterocycles. The van der Waals surface area contributed by atoms with Crippen molar-refractivity contribution >= 4 is 17.3 Å². The smallest absolute Gasteiger partial charge is 0.367 e. The van der Waals surface area contributed by atoms with Crippen molar-refractivity contribution in [2.45, 2.75) is 32.7 Å². The highest BCUT2D eigenvalue weighted by Crippen LogP contribution is 2.16. The SMILES string of the molecule is CN=C(NCCc1ncc(C)s1)NCc1cccc(COCC(F)(F)F)c1. The third-order valence-electron chi connectivity index (χ3n) is 3.51. The van der Waals surface area contributed by atoms with Crippen molar-refractivity contribution in [1.82, 2.24) is 15.6 Å². The Balaban J connectivity index is 1.75. The number of hydrogen-bond donors (Lipinski definition) is 2. The summed E-state index contributed by atoms with van der Waals surface area (Å²) >= 11 is 1.67. The average Bonchev–Trinajstić information content (AvgIpc) is 3.02. The van der Waals surface area contributed by atoms with Gasteiger partial charge in [-0.25, -0.2) is 4.98 Å². The fraction of sp³-hybridized carbons (Fsp3) is 0.444.